The van der Waals surface area contributed by atoms with Crippen LogP contribution in [0, 0.1) is 5.82 Å². The Bertz CT molecular complexity index is 547. The number of aliphatic hydroxyl groups excluding tert-OH is 1. The molecule has 0 aliphatic heterocycles. The summed E-state index contributed by atoms with van der Waals surface area (Å²) in [5.41, 5.74) is 0.221. The summed E-state index contributed by atoms with van der Waals surface area (Å²) in [7, 11) is -1.43. The highest BCUT2D eigenvalue weighted by Crippen LogP contribution is 2.19. The van der Waals surface area contributed by atoms with Gasteiger partial charge >= 0.3 is 0 Å². The minimum absolute atomic E-state index is 0.169. The van der Waals surface area contributed by atoms with Crippen molar-refractivity contribution in [1.29, 1.82) is 0 Å². The number of halogens is 1. The highest BCUT2D eigenvalue weighted by molar-refractivity contribution is 7.91. The number of sulfone groups is 1. The predicted molar refractivity (Wildman–Crippen MR) is 77.8 cm³/mol. The molecule has 0 heterocycles. The van der Waals surface area contributed by atoms with Crippen LogP contribution < -0.4 is 0 Å². The standard InChI is InChI=1S/C14H22FNO3S/c1-10(11(2)20(4,18)19)16(3)9-14(17)12-7-5-6-8-13(12)15/h5-8,10-11,14,17H,9H2,1-4H3. The lowest BCUT2D eigenvalue weighted by Crippen LogP contribution is -2.43. The minimum atomic E-state index is -3.15. The summed E-state index contributed by atoms with van der Waals surface area (Å²) >= 11 is 0. The van der Waals surface area contributed by atoms with Gasteiger partial charge in [-0.25, -0.2) is 12.8 Å². The van der Waals surface area contributed by atoms with Crippen molar-refractivity contribution >= 4 is 9.84 Å². The third-order valence-electron chi connectivity index (χ3n) is 3.78. The van der Waals surface area contributed by atoms with E-state index in [1.165, 1.54) is 18.4 Å². The van der Waals surface area contributed by atoms with Crippen LogP contribution in [0.4, 0.5) is 4.39 Å². The zero-order valence-corrected chi connectivity index (χ0v) is 13.1. The maximum absolute atomic E-state index is 13.6. The average molecular weight is 303 g/mol. The zero-order valence-electron chi connectivity index (χ0n) is 12.2. The van der Waals surface area contributed by atoms with Crippen LogP contribution in [0.15, 0.2) is 24.3 Å². The molecule has 0 bridgehead atoms. The molecule has 4 nitrogen and oxygen atoms in total. The highest BCUT2D eigenvalue weighted by Gasteiger charge is 2.27. The van der Waals surface area contributed by atoms with Crippen molar-refractivity contribution in [3.8, 4) is 0 Å². The molecule has 1 aromatic carbocycles. The van der Waals surface area contributed by atoms with E-state index in [2.05, 4.69) is 0 Å². The average Bonchev–Trinajstić information content (AvgIpc) is 2.36. The van der Waals surface area contributed by atoms with Crippen molar-refractivity contribution in [3.63, 3.8) is 0 Å². The maximum atomic E-state index is 13.6. The molecule has 0 saturated heterocycles. The number of hydrogen-bond donors (Lipinski definition) is 1. The van der Waals surface area contributed by atoms with Crippen LogP contribution in [0.2, 0.25) is 0 Å². The number of rotatable bonds is 6. The first-order valence-electron chi connectivity index (χ1n) is 6.46. The van der Waals surface area contributed by atoms with Crippen molar-refractivity contribution in [2.45, 2.75) is 31.2 Å². The lowest BCUT2D eigenvalue weighted by atomic mass is 10.1. The molecular weight excluding hydrogens is 281 g/mol. The van der Waals surface area contributed by atoms with Gasteiger partial charge in [-0.05, 0) is 27.0 Å². The molecule has 3 unspecified atom stereocenters. The molecular formula is C14H22FNO3S. The van der Waals surface area contributed by atoms with Crippen LogP contribution in [-0.4, -0.2) is 49.6 Å². The fourth-order valence-electron chi connectivity index (χ4n) is 2.00. The summed E-state index contributed by atoms with van der Waals surface area (Å²) in [5.74, 6) is -0.461. The first-order chi connectivity index (χ1) is 9.14. The number of benzene rings is 1. The molecule has 1 aromatic rings. The quantitative estimate of drug-likeness (QED) is 0.867. The molecule has 1 rings (SSSR count). The largest absolute Gasteiger partial charge is 0.387 e. The third kappa shape index (κ3) is 4.26. The van der Waals surface area contributed by atoms with E-state index in [1.807, 2.05) is 0 Å². The van der Waals surface area contributed by atoms with Gasteiger partial charge in [0.15, 0.2) is 9.84 Å². The maximum Gasteiger partial charge on any atom is 0.151 e. The molecule has 6 heteroatoms. The normalized spacial score (nSPS) is 16.9. The first kappa shape index (κ1) is 17.1. The molecule has 0 aromatic heterocycles. The Balaban J connectivity index is 2.76. The number of likely N-dealkylation sites (N-methyl/N-ethyl adjacent to an activating group) is 1. The fourth-order valence-corrected chi connectivity index (χ4v) is 2.92. The molecule has 0 aliphatic rings. The van der Waals surface area contributed by atoms with E-state index in [9.17, 15) is 17.9 Å². The second kappa shape index (κ2) is 6.65. The molecule has 0 amide bonds. The van der Waals surface area contributed by atoms with E-state index in [0.717, 1.165) is 0 Å². The molecule has 1 N–H and O–H groups in total. The van der Waals surface area contributed by atoms with Gasteiger partial charge < -0.3 is 5.11 Å². The summed E-state index contributed by atoms with van der Waals surface area (Å²) < 4.78 is 36.6. The highest BCUT2D eigenvalue weighted by atomic mass is 32.2. The van der Waals surface area contributed by atoms with Crippen molar-refractivity contribution in [3.05, 3.63) is 35.6 Å². The van der Waals surface area contributed by atoms with Gasteiger partial charge in [-0.15, -0.1) is 0 Å². The summed E-state index contributed by atoms with van der Waals surface area (Å²) in [6.07, 6.45) is 0.199. The lowest BCUT2D eigenvalue weighted by Gasteiger charge is -2.30. The van der Waals surface area contributed by atoms with E-state index in [4.69, 9.17) is 0 Å². The molecule has 0 saturated carbocycles. The molecule has 0 spiro atoms. The first-order valence-corrected chi connectivity index (χ1v) is 8.41. The third-order valence-corrected chi connectivity index (χ3v) is 5.52. The molecule has 0 radical (unpaired) electrons. The van der Waals surface area contributed by atoms with Gasteiger partial charge in [0.05, 0.1) is 11.4 Å². The molecule has 114 valence electrons. The van der Waals surface area contributed by atoms with Crippen LogP contribution in [-0.2, 0) is 9.84 Å². The van der Waals surface area contributed by atoms with Gasteiger partial charge in [0, 0.05) is 24.4 Å². The van der Waals surface area contributed by atoms with Crippen molar-refractivity contribution in [1.82, 2.24) is 4.90 Å². The summed E-state index contributed by atoms with van der Waals surface area (Å²) in [6.45, 7) is 3.58. The van der Waals surface area contributed by atoms with Crippen molar-refractivity contribution < 1.29 is 17.9 Å². The van der Waals surface area contributed by atoms with E-state index >= 15 is 0 Å². The molecule has 20 heavy (non-hydrogen) atoms. The van der Waals surface area contributed by atoms with Gasteiger partial charge in [-0.1, -0.05) is 18.2 Å². The lowest BCUT2D eigenvalue weighted by molar-refractivity contribution is 0.105. The Hall–Kier alpha value is -0.980. The molecule has 0 aliphatic carbocycles. The van der Waals surface area contributed by atoms with Gasteiger partial charge in [0.2, 0.25) is 0 Å². The summed E-state index contributed by atoms with van der Waals surface area (Å²) in [4.78, 5) is 1.73. The fraction of sp³-hybridized carbons (Fsp3) is 0.571. The SMILES string of the molecule is CC(C(C)S(C)(=O)=O)N(C)CC(O)c1ccccc1F. The van der Waals surface area contributed by atoms with Crippen molar-refractivity contribution in [2.75, 3.05) is 19.8 Å². The number of nitrogens with zero attached hydrogens (tertiary/aromatic N) is 1. The van der Waals surface area contributed by atoms with E-state index in [1.54, 1.807) is 37.9 Å². The minimum Gasteiger partial charge on any atom is -0.387 e. The van der Waals surface area contributed by atoms with Crippen LogP contribution in [0.25, 0.3) is 0 Å². The summed E-state index contributed by atoms with van der Waals surface area (Å²) in [6, 6.07) is 5.76. The van der Waals surface area contributed by atoms with Gasteiger partial charge in [0.1, 0.15) is 5.82 Å². The number of aliphatic hydroxyl groups is 1. The molecule has 3 atom stereocenters. The van der Waals surface area contributed by atoms with Gasteiger partial charge in [-0.2, -0.15) is 0 Å². The second-order valence-electron chi connectivity index (χ2n) is 5.25. The Morgan fingerprint density at radius 2 is 1.85 bits per heavy atom. The van der Waals surface area contributed by atoms with Crippen LogP contribution >= 0.6 is 0 Å². The van der Waals surface area contributed by atoms with Gasteiger partial charge in [0.25, 0.3) is 0 Å². The van der Waals surface area contributed by atoms with Crippen LogP contribution in [0.3, 0.4) is 0 Å². The van der Waals surface area contributed by atoms with E-state index in [0.29, 0.717) is 0 Å². The van der Waals surface area contributed by atoms with Crippen molar-refractivity contribution in [2.24, 2.45) is 0 Å². The Morgan fingerprint density at radius 3 is 2.35 bits per heavy atom. The number of hydrogen-bond acceptors (Lipinski definition) is 4. The Kier molecular flexibility index (Phi) is 5.68. The monoisotopic (exact) mass is 303 g/mol. The second-order valence-corrected chi connectivity index (χ2v) is 7.65. The predicted octanol–water partition coefficient (Wildman–Crippen LogP) is 1.61. The Morgan fingerprint density at radius 1 is 1.30 bits per heavy atom. The topological polar surface area (TPSA) is 57.6 Å². The van der Waals surface area contributed by atoms with E-state index in [-0.39, 0.29) is 18.2 Å². The van der Waals surface area contributed by atoms with E-state index < -0.39 is 27.0 Å². The van der Waals surface area contributed by atoms with Crippen LogP contribution in [0.1, 0.15) is 25.5 Å². The smallest absolute Gasteiger partial charge is 0.151 e. The Labute approximate surface area is 120 Å². The summed E-state index contributed by atoms with van der Waals surface area (Å²) in [5, 5.41) is 9.52. The molecule has 0 fully saturated rings. The zero-order chi connectivity index (χ0) is 15.5. The van der Waals surface area contributed by atoms with Gasteiger partial charge in [-0.3, -0.25) is 4.90 Å². The van der Waals surface area contributed by atoms with Crippen LogP contribution in [0.5, 0.6) is 0 Å².